The zero-order chi connectivity index (χ0) is 26.8. The average Bonchev–Trinajstić information content (AvgIpc) is 3.09. The monoisotopic (exact) mass is 499 g/mol. The van der Waals surface area contributed by atoms with Crippen molar-refractivity contribution in [3.63, 3.8) is 0 Å². The van der Waals surface area contributed by atoms with Crippen molar-refractivity contribution < 1.29 is 29.6 Å². The number of ether oxygens (including phenoxy) is 1. The Kier molecular flexibility index (Phi) is 8.55. The number of carbonyl (C=O) groups is 2. The van der Waals surface area contributed by atoms with Crippen LogP contribution in [-0.4, -0.2) is 49.8 Å². The largest absolute Gasteiger partial charge is 0.508 e. The number of hydrogen-bond donors (Lipinski definition) is 3. The number of nitrogens with zero attached hydrogens (tertiary/aromatic N) is 1. The summed E-state index contributed by atoms with van der Waals surface area (Å²) in [5.74, 6) is -1.06. The molecule has 7 heteroatoms. The van der Waals surface area contributed by atoms with E-state index in [2.05, 4.69) is 32.9 Å². The fraction of sp³-hybridized carbons (Fsp3) is 0.586. The zero-order valence-corrected chi connectivity index (χ0v) is 22.4. The number of carbonyl (C=O) groups excluding carboxylic acids is 1. The van der Waals surface area contributed by atoms with Crippen molar-refractivity contribution in [2.45, 2.75) is 104 Å². The van der Waals surface area contributed by atoms with Gasteiger partial charge in [0, 0.05) is 17.5 Å². The van der Waals surface area contributed by atoms with Crippen LogP contribution < -0.4 is 4.74 Å². The Balaban J connectivity index is 1.83. The topological polar surface area (TPSA) is 107 Å². The van der Waals surface area contributed by atoms with Crippen LogP contribution in [-0.2, 0) is 17.8 Å². The summed E-state index contributed by atoms with van der Waals surface area (Å²) in [6, 6.07) is 0.435. The quantitative estimate of drug-likeness (QED) is 0.373. The summed E-state index contributed by atoms with van der Waals surface area (Å²) in [4.78, 5) is 26.5. The Morgan fingerprint density at radius 3 is 2.53 bits per heavy atom. The lowest BCUT2D eigenvalue weighted by atomic mass is 9.84. The van der Waals surface area contributed by atoms with Crippen molar-refractivity contribution >= 4 is 11.9 Å². The number of phenolic OH excluding ortho intramolecular Hbond substituents is 1. The molecule has 36 heavy (non-hydrogen) atoms. The van der Waals surface area contributed by atoms with Crippen LogP contribution in [0.25, 0.3) is 0 Å². The number of phenols is 1. The van der Waals surface area contributed by atoms with Crippen molar-refractivity contribution in [2.24, 2.45) is 5.92 Å². The number of rotatable bonds is 10. The molecule has 0 saturated heterocycles. The van der Waals surface area contributed by atoms with Gasteiger partial charge in [0.05, 0.1) is 18.2 Å². The predicted octanol–water partition coefficient (Wildman–Crippen LogP) is 5.37. The van der Waals surface area contributed by atoms with Crippen molar-refractivity contribution in [1.82, 2.24) is 4.90 Å². The molecule has 1 amide bonds. The first-order valence-electron chi connectivity index (χ1n) is 12.9. The maximum Gasteiger partial charge on any atom is 0.326 e. The van der Waals surface area contributed by atoms with Crippen LogP contribution in [0.5, 0.6) is 11.5 Å². The van der Waals surface area contributed by atoms with E-state index in [1.807, 2.05) is 20.8 Å². The Morgan fingerprint density at radius 1 is 1.22 bits per heavy atom. The number of benzene rings is 1. The van der Waals surface area contributed by atoms with Crippen LogP contribution in [0.2, 0.25) is 0 Å². The van der Waals surface area contributed by atoms with Crippen LogP contribution in [0.3, 0.4) is 0 Å². The second kappa shape index (κ2) is 11.1. The molecule has 0 aromatic heterocycles. The fourth-order valence-electron chi connectivity index (χ4n) is 5.08. The van der Waals surface area contributed by atoms with Gasteiger partial charge in [-0.25, -0.2) is 4.79 Å². The minimum absolute atomic E-state index is 0.0955. The van der Waals surface area contributed by atoms with Gasteiger partial charge in [-0.1, -0.05) is 37.1 Å². The molecule has 0 fully saturated rings. The summed E-state index contributed by atoms with van der Waals surface area (Å²) in [6.07, 6.45) is 7.39. The summed E-state index contributed by atoms with van der Waals surface area (Å²) in [6.45, 7) is 12.1. The Hall–Kier alpha value is -2.80. The van der Waals surface area contributed by atoms with Crippen LogP contribution in [0.15, 0.2) is 29.4 Å². The molecule has 3 atom stereocenters. The van der Waals surface area contributed by atoms with Gasteiger partial charge in [-0.2, -0.15) is 0 Å². The van der Waals surface area contributed by atoms with E-state index in [9.17, 15) is 24.9 Å². The highest BCUT2D eigenvalue weighted by atomic mass is 16.5. The van der Waals surface area contributed by atoms with Gasteiger partial charge in [0.15, 0.2) is 0 Å². The number of aromatic hydroxyl groups is 1. The molecule has 1 aromatic carbocycles. The van der Waals surface area contributed by atoms with Crippen LogP contribution in [0, 0.1) is 5.92 Å². The van der Waals surface area contributed by atoms with Gasteiger partial charge >= 0.3 is 5.97 Å². The molecule has 7 nitrogen and oxygen atoms in total. The number of aliphatic carboxylic acids is 1. The first kappa shape index (κ1) is 27.8. The molecule has 0 aliphatic carbocycles. The van der Waals surface area contributed by atoms with Gasteiger partial charge in [0.1, 0.15) is 23.1 Å². The molecule has 2 unspecified atom stereocenters. The van der Waals surface area contributed by atoms with E-state index in [1.54, 1.807) is 0 Å². The molecule has 3 N–H and O–H groups in total. The third-order valence-corrected chi connectivity index (χ3v) is 7.30. The van der Waals surface area contributed by atoms with E-state index in [0.29, 0.717) is 29.7 Å². The lowest BCUT2D eigenvalue weighted by Gasteiger charge is -2.41. The van der Waals surface area contributed by atoms with Gasteiger partial charge in [-0.05, 0) is 71.8 Å². The summed E-state index contributed by atoms with van der Waals surface area (Å²) >= 11 is 0. The first-order chi connectivity index (χ1) is 16.8. The van der Waals surface area contributed by atoms with Crippen LogP contribution in [0.4, 0.5) is 0 Å². The minimum atomic E-state index is -1.05. The summed E-state index contributed by atoms with van der Waals surface area (Å²) in [7, 11) is 0. The van der Waals surface area contributed by atoms with Gasteiger partial charge in [-0.15, -0.1) is 0 Å². The minimum Gasteiger partial charge on any atom is -0.508 e. The molecule has 1 aromatic rings. The third-order valence-electron chi connectivity index (χ3n) is 7.30. The number of amides is 1. The number of aliphatic hydroxyl groups excluding tert-OH is 1. The predicted molar refractivity (Wildman–Crippen MR) is 139 cm³/mol. The average molecular weight is 500 g/mol. The van der Waals surface area contributed by atoms with E-state index in [4.69, 9.17) is 4.74 Å². The van der Waals surface area contributed by atoms with E-state index in [-0.39, 0.29) is 30.2 Å². The van der Waals surface area contributed by atoms with Crippen LogP contribution in [0.1, 0.15) is 95.1 Å². The number of fused-ring (bicyclic) bond motifs is 3. The highest BCUT2D eigenvalue weighted by Gasteiger charge is 2.45. The van der Waals surface area contributed by atoms with E-state index >= 15 is 0 Å². The fourth-order valence-corrected chi connectivity index (χ4v) is 5.08. The number of carboxylic acid groups (broad SMARTS) is 1. The molecule has 2 aliphatic heterocycles. The molecule has 0 spiro atoms. The lowest BCUT2D eigenvalue weighted by molar-refractivity contribution is -0.143. The van der Waals surface area contributed by atoms with Crippen molar-refractivity contribution in [2.75, 3.05) is 0 Å². The zero-order valence-electron chi connectivity index (χ0n) is 22.4. The van der Waals surface area contributed by atoms with E-state index < -0.39 is 29.6 Å². The third kappa shape index (κ3) is 5.94. The Labute approximate surface area is 214 Å². The van der Waals surface area contributed by atoms with Crippen molar-refractivity contribution in [3.05, 3.63) is 46.1 Å². The molecule has 0 saturated carbocycles. The van der Waals surface area contributed by atoms with E-state index in [1.165, 1.54) is 22.1 Å². The smallest absolute Gasteiger partial charge is 0.326 e. The molecular formula is C29H41NO6. The number of hydrogen-bond acceptors (Lipinski definition) is 5. The second-order valence-electron chi connectivity index (χ2n) is 11.2. The summed E-state index contributed by atoms with van der Waals surface area (Å²) < 4.78 is 6.39. The number of carboxylic acids is 1. The van der Waals surface area contributed by atoms with Gasteiger partial charge < -0.3 is 25.0 Å². The van der Waals surface area contributed by atoms with Gasteiger partial charge in [0.2, 0.25) is 0 Å². The molecular weight excluding hydrogens is 458 g/mol. The Morgan fingerprint density at radius 2 is 1.92 bits per heavy atom. The molecule has 198 valence electrons. The Bertz CT molecular complexity index is 1070. The van der Waals surface area contributed by atoms with Gasteiger partial charge in [0.25, 0.3) is 5.91 Å². The number of aliphatic hydroxyl groups is 1. The number of allylic oxidation sites excluding steroid dienone is 4. The first-order valence-corrected chi connectivity index (χ1v) is 12.9. The van der Waals surface area contributed by atoms with Crippen molar-refractivity contribution in [1.29, 1.82) is 0 Å². The summed E-state index contributed by atoms with van der Waals surface area (Å²) in [5.41, 5.74) is 3.03. The normalized spacial score (nSPS) is 22.2. The molecule has 0 radical (unpaired) electrons. The second-order valence-corrected chi connectivity index (χ2v) is 11.2. The molecule has 0 bridgehead atoms. The highest BCUT2D eigenvalue weighted by molar-refractivity contribution is 6.02. The summed E-state index contributed by atoms with van der Waals surface area (Å²) in [5, 5.41) is 31.4. The maximum absolute atomic E-state index is 13.2. The lowest BCUT2D eigenvalue weighted by Crippen LogP contribution is -2.49. The van der Waals surface area contributed by atoms with Crippen LogP contribution >= 0.6 is 0 Å². The van der Waals surface area contributed by atoms with Crippen molar-refractivity contribution in [3.8, 4) is 11.5 Å². The standard InChI is InChI=1S/C29H41NO6/c1-17(2)9-7-10-19(5)11-8-12-29(6)25(32)15-21-24(31)14-20-22(26(21)36-29)16-30(27(20)33)23(28(34)35)13-18(3)4/h9,11,14,18,23,25,31-32H,7-8,10,12-13,15-16H2,1-6H3,(H,34,35)/b19-11+/t23-,25?,29?/m1/s1. The maximum atomic E-state index is 13.2. The highest BCUT2D eigenvalue weighted by Crippen LogP contribution is 2.46. The SMILES string of the molecule is CC(C)=CCC/C(C)=C/CCC1(C)Oc2c(c(O)cc3c2CN([C@H](CC(C)C)C(=O)O)C3=O)CC1O. The molecule has 2 heterocycles. The van der Waals surface area contributed by atoms with Gasteiger partial charge in [-0.3, -0.25) is 4.79 Å². The van der Waals surface area contributed by atoms with E-state index in [0.717, 1.165) is 19.3 Å². The molecule has 2 aliphatic rings. The molecule has 3 rings (SSSR count).